The van der Waals surface area contributed by atoms with E-state index in [0.717, 1.165) is 6.29 Å². The lowest BCUT2D eigenvalue weighted by atomic mass is 10.1. The van der Waals surface area contributed by atoms with Crippen LogP contribution in [0.1, 0.15) is 28.9 Å². The molecule has 2 aromatic heterocycles. The summed E-state index contributed by atoms with van der Waals surface area (Å²) >= 11 is 0. The lowest BCUT2D eigenvalue weighted by Gasteiger charge is -2.32. The topological polar surface area (TPSA) is 339 Å². The van der Waals surface area contributed by atoms with Gasteiger partial charge < -0.3 is 47.1 Å². The molecule has 0 radical (unpaired) electrons. The first kappa shape index (κ1) is 48.6. The summed E-state index contributed by atoms with van der Waals surface area (Å²) in [5, 5.41) is 39.4. The number of amides is 3. The van der Waals surface area contributed by atoms with Gasteiger partial charge in [0.15, 0.2) is 11.2 Å². The van der Waals surface area contributed by atoms with Gasteiger partial charge in [-0.25, -0.2) is 9.97 Å². The molecule has 24 nitrogen and oxygen atoms in total. The number of fused-ring (bicyclic) bond motifs is 1. The summed E-state index contributed by atoms with van der Waals surface area (Å²) in [6.07, 6.45) is 1.58. The predicted molar refractivity (Wildman–Crippen MR) is 235 cm³/mol. The van der Waals surface area contributed by atoms with Gasteiger partial charge in [-0.15, -0.1) is 0 Å². The van der Waals surface area contributed by atoms with Crippen LogP contribution in [0.15, 0.2) is 59.5 Å². The maximum Gasteiger partial charge on any atom is 0.317 e. The van der Waals surface area contributed by atoms with Gasteiger partial charge in [0.2, 0.25) is 17.8 Å². The monoisotopic (exact) mass is 901 g/mol. The van der Waals surface area contributed by atoms with Crippen molar-refractivity contribution in [1.82, 2.24) is 44.9 Å². The minimum atomic E-state index is -1.23. The Morgan fingerprint density at radius 3 is 1.82 bits per heavy atom. The molecule has 4 aromatic rings. The number of aliphatic carboxylic acids is 3. The highest BCUT2D eigenvalue weighted by atomic mass is 16.4. The fourth-order valence-electron chi connectivity index (χ4n) is 6.76. The van der Waals surface area contributed by atoms with E-state index < -0.39 is 47.7 Å². The van der Waals surface area contributed by atoms with Gasteiger partial charge in [0.25, 0.3) is 11.5 Å². The number of aromatic amines is 1. The number of rotatable bonds is 19. The van der Waals surface area contributed by atoms with Crippen molar-refractivity contribution >= 4 is 76.1 Å². The lowest BCUT2D eigenvalue weighted by Crippen LogP contribution is -2.49. The summed E-state index contributed by atoms with van der Waals surface area (Å²) in [6.45, 7) is 2.38. The number of carbonyl (C=O) groups is 7. The Kier molecular flexibility index (Phi) is 17.9. The fraction of sp³-hybridized carbons (Fsp3) is 0.390. The first-order valence-corrected chi connectivity index (χ1v) is 20.5. The van der Waals surface area contributed by atoms with Gasteiger partial charge in [-0.1, -0.05) is 0 Å². The Balaban J connectivity index is 1.15. The number of aldehydes is 1. The van der Waals surface area contributed by atoms with Crippen molar-refractivity contribution < 1.29 is 48.9 Å². The van der Waals surface area contributed by atoms with Gasteiger partial charge >= 0.3 is 17.9 Å². The van der Waals surface area contributed by atoms with Crippen molar-refractivity contribution in [2.75, 3.05) is 100 Å². The van der Waals surface area contributed by atoms with E-state index in [2.05, 4.69) is 41.2 Å². The van der Waals surface area contributed by atoms with Gasteiger partial charge in [-0.2, -0.15) is 4.98 Å². The number of carbonyl (C=O) groups excluding carboxylic acids is 4. The Morgan fingerprint density at radius 2 is 1.26 bits per heavy atom. The van der Waals surface area contributed by atoms with Crippen LogP contribution in [-0.2, 0) is 35.3 Å². The van der Waals surface area contributed by atoms with Crippen molar-refractivity contribution in [3.8, 4) is 0 Å². The molecule has 1 unspecified atom stereocenters. The van der Waals surface area contributed by atoms with Gasteiger partial charge in [-0.3, -0.25) is 58.1 Å². The van der Waals surface area contributed by atoms with E-state index in [1.165, 1.54) is 30.5 Å². The second-order valence-electron chi connectivity index (χ2n) is 15.1. The molecule has 0 aliphatic carbocycles. The molecule has 3 amide bonds. The molecule has 0 bridgehead atoms. The standard InChI is InChI=1S/C41H51N13O11/c42-41-49-37-36(40(65)50-41)46-30(22-44-37)21-43-27-3-1-26(2-4-27)38(63)48-31(9-10-33(57)58)39(64)47-29-7-5-28(6-8-29)45-32(56)23-52-13-11-51(19-20-55)12-14-53(24-34(59)60)17-18-54(16-15-52)25-35(61)62/h1-8,20,22,31,43H,9-19,21,23-25H2,(H,45,56)(H,47,64)(H,48,63)(H,57,58)(H,59,60)(H,61,62)(H3,42,44,49,50,65). The molecule has 5 rings (SSSR count). The Labute approximate surface area is 371 Å². The van der Waals surface area contributed by atoms with Gasteiger partial charge in [0.05, 0.1) is 44.6 Å². The van der Waals surface area contributed by atoms with Gasteiger partial charge in [-0.05, 0) is 55.0 Å². The highest BCUT2D eigenvalue weighted by molar-refractivity contribution is 6.01. The summed E-state index contributed by atoms with van der Waals surface area (Å²) in [4.78, 5) is 120. The van der Waals surface area contributed by atoms with E-state index in [1.54, 1.807) is 34.1 Å². The Hall–Kier alpha value is -7.41. The molecule has 0 spiro atoms. The summed E-state index contributed by atoms with van der Waals surface area (Å²) in [7, 11) is 0. The molecule has 1 saturated heterocycles. The van der Waals surface area contributed by atoms with Gasteiger partial charge in [0.1, 0.15) is 12.3 Å². The number of hydrogen-bond acceptors (Lipinski definition) is 17. The molecule has 1 atom stereocenters. The number of aromatic nitrogens is 4. The van der Waals surface area contributed by atoms with E-state index in [1.807, 2.05) is 9.80 Å². The van der Waals surface area contributed by atoms with E-state index >= 15 is 0 Å². The average Bonchev–Trinajstić information content (AvgIpc) is 3.25. The van der Waals surface area contributed by atoms with Crippen molar-refractivity contribution in [2.45, 2.75) is 25.4 Å². The number of H-pyrrole nitrogens is 1. The smallest absolute Gasteiger partial charge is 0.317 e. The first-order valence-electron chi connectivity index (χ1n) is 20.5. The number of nitrogens with zero attached hydrogens (tertiary/aromatic N) is 7. The van der Waals surface area contributed by atoms with E-state index in [4.69, 9.17) is 5.73 Å². The summed E-state index contributed by atoms with van der Waals surface area (Å²) in [6, 6.07) is 11.2. The lowest BCUT2D eigenvalue weighted by molar-refractivity contribution is -0.140. The van der Waals surface area contributed by atoms with Crippen LogP contribution in [0.5, 0.6) is 0 Å². The molecule has 1 fully saturated rings. The zero-order valence-corrected chi connectivity index (χ0v) is 35.3. The molecule has 1 aliphatic heterocycles. The number of nitrogens with one attached hydrogen (secondary N) is 5. The molecule has 1 aliphatic rings. The van der Waals surface area contributed by atoms with Crippen molar-refractivity contribution in [3.05, 3.63) is 76.3 Å². The highest BCUT2D eigenvalue weighted by Gasteiger charge is 2.24. The van der Waals surface area contributed by atoms with Crippen molar-refractivity contribution in [3.63, 3.8) is 0 Å². The first-order chi connectivity index (χ1) is 31.1. The van der Waals surface area contributed by atoms with Crippen LogP contribution >= 0.6 is 0 Å². The van der Waals surface area contributed by atoms with E-state index in [-0.39, 0.29) is 80.8 Å². The minimum Gasteiger partial charge on any atom is -0.481 e. The Morgan fingerprint density at radius 1 is 0.723 bits per heavy atom. The molecule has 2 aromatic carbocycles. The van der Waals surface area contributed by atoms with Crippen LogP contribution in [0.2, 0.25) is 0 Å². The normalized spacial score (nSPS) is 15.1. The molecule has 24 heteroatoms. The molecule has 3 heterocycles. The second kappa shape index (κ2) is 23.9. The minimum absolute atomic E-state index is 0.0268. The maximum atomic E-state index is 13.4. The third-order valence-electron chi connectivity index (χ3n) is 10.2. The third kappa shape index (κ3) is 16.0. The van der Waals surface area contributed by atoms with Crippen LogP contribution < -0.4 is 32.6 Å². The number of nitrogen functional groups attached to an aromatic ring is 1. The van der Waals surface area contributed by atoms with Gasteiger partial charge in [0, 0.05) is 81.4 Å². The van der Waals surface area contributed by atoms with Crippen LogP contribution in [0.3, 0.4) is 0 Å². The number of benzene rings is 2. The second-order valence-corrected chi connectivity index (χ2v) is 15.1. The van der Waals surface area contributed by atoms with Crippen LogP contribution in [0.4, 0.5) is 23.0 Å². The third-order valence-corrected chi connectivity index (χ3v) is 10.2. The predicted octanol–water partition coefficient (Wildman–Crippen LogP) is -0.962. The number of hydrogen-bond donors (Lipinski definition) is 9. The molecular formula is C41H51N13O11. The molecule has 10 N–H and O–H groups in total. The largest absolute Gasteiger partial charge is 0.481 e. The molecular weight excluding hydrogens is 851 g/mol. The zero-order chi connectivity index (χ0) is 46.9. The van der Waals surface area contributed by atoms with Crippen LogP contribution in [0.25, 0.3) is 11.2 Å². The maximum absolute atomic E-state index is 13.4. The van der Waals surface area contributed by atoms with Crippen molar-refractivity contribution in [2.24, 2.45) is 0 Å². The zero-order valence-electron chi connectivity index (χ0n) is 35.3. The summed E-state index contributed by atoms with van der Waals surface area (Å²) in [5.74, 6) is -4.98. The summed E-state index contributed by atoms with van der Waals surface area (Å²) < 4.78 is 0. The van der Waals surface area contributed by atoms with Crippen molar-refractivity contribution in [1.29, 1.82) is 0 Å². The molecule has 346 valence electrons. The van der Waals surface area contributed by atoms with E-state index in [9.17, 15) is 53.7 Å². The Bertz CT molecular complexity index is 2380. The van der Waals surface area contributed by atoms with E-state index in [0.29, 0.717) is 62.0 Å². The number of nitrogens with two attached hydrogens (primary N) is 1. The summed E-state index contributed by atoms with van der Waals surface area (Å²) in [5.41, 5.74) is 7.09. The number of carboxylic acid groups (broad SMARTS) is 3. The number of carboxylic acids is 3. The van der Waals surface area contributed by atoms with Crippen LogP contribution in [0, 0.1) is 0 Å². The fourth-order valence-corrected chi connectivity index (χ4v) is 6.76. The highest BCUT2D eigenvalue weighted by Crippen LogP contribution is 2.16. The number of anilines is 4. The molecule has 0 saturated carbocycles. The van der Waals surface area contributed by atoms with Crippen LogP contribution in [-0.4, -0.2) is 181 Å². The SMILES string of the molecule is Nc1nc2ncc(CNc3ccc(C(=O)NC(CCC(=O)O)C(=O)Nc4ccc(NC(=O)CN5CCN(CC=O)CCN(CC(=O)O)CCN(CC(=O)O)CC5)cc4)cc3)nc2c(=O)[nH]1. The quantitative estimate of drug-likeness (QED) is 0.0512. The average molecular weight is 902 g/mol. The molecule has 65 heavy (non-hydrogen) atoms.